The molecule has 0 aliphatic rings. The first-order valence-electron chi connectivity index (χ1n) is 7.16. The first kappa shape index (κ1) is 19.8. The van der Waals surface area contributed by atoms with E-state index in [9.17, 15) is 18.3 Å². The third-order valence-electron chi connectivity index (χ3n) is 3.50. The SMILES string of the molecule is C=C(/C=C\C(N)=C/C)C(O)(CC(C)CCCC)C(F)(F)F. The number of allylic oxidation sites excluding steroid dienone is 2. The predicted octanol–water partition coefficient (Wildman–Crippen LogP) is 4.47. The summed E-state index contributed by atoms with van der Waals surface area (Å²) in [5.74, 6) is -0.249. The van der Waals surface area contributed by atoms with Crippen LogP contribution in [0.25, 0.3) is 0 Å². The average Bonchev–Trinajstić information content (AvgIpc) is 2.40. The molecule has 0 aromatic heterocycles. The first-order valence-corrected chi connectivity index (χ1v) is 7.16. The van der Waals surface area contributed by atoms with Crippen molar-refractivity contribution in [3.63, 3.8) is 0 Å². The lowest BCUT2D eigenvalue weighted by Gasteiger charge is -2.33. The Balaban J connectivity index is 5.18. The molecule has 0 saturated carbocycles. The Morgan fingerprint density at radius 3 is 2.33 bits per heavy atom. The van der Waals surface area contributed by atoms with E-state index in [1.54, 1.807) is 19.9 Å². The Bertz CT molecular complexity index is 399. The molecule has 0 saturated heterocycles. The van der Waals surface area contributed by atoms with Crippen LogP contribution in [0.5, 0.6) is 0 Å². The number of alkyl halides is 3. The molecule has 2 unspecified atom stereocenters. The van der Waals surface area contributed by atoms with Crippen molar-refractivity contribution < 1.29 is 18.3 Å². The minimum Gasteiger partial charge on any atom is -0.399 e. The van der Waals surface area contributed by atoms with E-state index in [0.717, 1.165) is 18.9 Å². The third-order valence-corrected chi connectivity index (χ3v) is 3.50. The van der Waals surface area contributed by atoms with Gasteiger partial charge in [0.1, 0.15) is 0 Å². The van der Waals surface area contributed by atoms with Gasteiger partial charge in [0.2, 0.25) is 0 Å². The van der Waals surface area contributed by atoms with Crippen LogP contribution in [0, 0.1) is 5.92 Å². The largest absolute Gasteiger partial charge is 0.421 e. The van der Waals surface area contributed by atoms with Gasteiger partial charge in [0.15, 0.2) is 5.60 Å². The Kier molecular flexibility index (Phi) is 7.79. The lowest BCUT2D eigenvalue weighted by atomic mass is 9.82. The summed E-state index contributed by atoms with van der Waals surface area (Å²) in [5.41, 5.74) is 2.53. The fraction of sp³-hybridized carbons (Fsp3) is 0.625. The Hall–Kier alpha value is -1.23. The Labute approximate surface area is 125 Å². The summed E-state index contributed by atoms with van der Waals surface area (Å²) < 4.78 is 39.8. The minimum absolute atomic E-state index is 0.249. The smallest absolute Gasteiger partial charge is 0.399 e. The summed E-state index contributed by atoms with van der Waals surface area (Å²) in [4.78, 5) is 0. The molecule has 0 radical (unpaired) electrons. The van der Waals surface area contributed by atoms with Gasteiger partial charge in [-0.3, -0.25) is 0 Å². The summed E-state index contributed by atoms with van der Waals surface area (Å²) >= 11 is 0. The Morgan fingerprint density at radius 2 is 1.90 bits per heavy atom. The molecule has 0 heterocycles. The summed E-state index contributed by atoms with van der Waals surface area (Å²) in [7, 11) is 0. The van der Waals surface area contributed by atoms with Gasteiger partial charge in [-0.1, -0.05) is 51.8 Å². The highest BCUT2D eigenvalue weighted by molar-refractivity contribution is 5.32. The molecule has 2 atom stereocenters. The second kappa shape index (κ2) is 8.27. The molecular formula is C16H26F3NO. The topological polar surface area (TPSA) is 46.2 Å². The molecular weight excluding hydrogens is 279 g/mol. The van der Waals surface area contributed by atoms with Crippen LogP contribution in [0.4, 0.5) is 13.2 Å². The summed E-state index contributed by atoms with van der Waals surface area (Å²) in [6, 6.07) is 0. The van der Waals surface area contributed by atoms with E-state index in [1.807, 2.05) is 6.92 Å². The summed E-state index contributed by atoms with van der Waals surface area (Å²) in [6.07, 6.45) is 1.24. The average molecular weight is 305 g/mol. The van der Waals surface area contributed by atoms with E-state index in [4.69, 9.17) is 5.73 Å². The molecule has 2 nitrogen and oxygen atoms in total. The monoisotopic (exact) mass is 305 g/mol. The highest BCUT2D eigenvalue weighted by Crippen LogP contribution is 2.41. The van der Waals surface area contributed by atoms with Crippen LogP contribution in [0.2, 0.25) is 0 Å². The molecule has 0 fully saturated rings. The van der Waals surface area contributed by atoms with Gasteiger partial charge in [0.25, 0.3) is 0 Å². The van der Waals surface area contributed by atoms with Gasteiger partial charge < -0.3 is 10.8 Å². The molecule has 3 N–H and O–H groups in total. The fourth-order valence-corrected chi connectivity index (χ4v) is 2.02. The number of hydrogen-bond donors (Lipinski definition) is 2. The van der Waals surface area contributed by atoms with Crippen molar-refractivity contribution in [1.82, 2.24) is 0 Å². The number of hydrogen-bond acceptors (Lipinski definition) is 2. The van der Waals surface area contributed by atoms with Crippen LogP contribution in [0.3, 0.4) is 0 Å². The molecule has 0 spiro atoms. The Morgan fingerprint density at radius 1 is 1.33 bits per heavy atom. The van der Waals surface area contributed by atoms with Crippen molar-refractivity contribution in [2.45, 2.75) is 58.2 Å². The van der Waals surface area contributed by atoms with E-state index in [0.29, 0.717) is 12.1 Å². The van der Waals surface area contributed by atoms with Crippen LogP contribution in [-0.2, 0) is 0 Å². The van der Waals surface area contributed by atoms with Crippen molar-refractivity contribution in [3.05, 3.63) is 36.1 Å². The maximum Gasteiger partial charge on any atom is 0.421 e. The number of halogens is 3. The minimum atomic E-state index is -4.76. The second-order valence-electron chi connectivity index (χ2n) is 5.46. The highest BCUT2D eigenvalue weighted by atomic mass is 19.4. The molecule has 122 valence electrons. The molecule has 0 rings (SSSR count). The lowest BCUT2D eigenvalue weighted by molar-refractivity contribution is -0.248. The van der Waals surface area contributed by atoms with Crippen molar-refractivity contribution in [2.24, 2.45) is 11.7 Å². The van der Waals surface area contributed by atoms with Gasteiger partial charge >= 0.3 is 6.18 Å². The molecule has 0 amide bonds. The van der Waals surface area contributed by atoms with Crippen LogP contribution < -0.4 is 5.73 Å². The second-order valence-corrected chi connectivity index (χ2v) is 5.46. The molecule has 21 heavy (non-hydrogen) atoms. The van der Waals surface area contributed by atoms with Gasteiger partial charge in [-0.25, -0.2) is 0 Å². The van der Waals surface area contributed by atoms with Gasteiger partial charge in [0, 0.05) is 5.70 Å². The van der Waals surface area contributed by atoms with E-state index < -0.39 is 18.2 Å². The number of nitrogens with two attached hydrogens (primary N) is 1. The van der Waals surface area contributed by atoms with E-state index in [-0.39, 0.29) is 11.5 Å². The molecule has 0 aliphatic carbocycles. The first-order chi connectivity index (χ1) is 9.58. The van der Waals surface area contributed by atoms with Crippen LogP contribution in [0.15, 0.2) is 36.1 Å². The molecule has 0 aliphatic heterocycles. The van der Waals surface area contributed by atoms with Gasteiger partial charge in [-0.05, 0) is 30.9 Å². The van der Waals surface area contributed by atoms with E-state index >= 15 is 0 Å². The standard InChI is InChI=1S/C16H26F3NO/c1-5-7-8-12(3)11-15(21,16(17,18)19)13(4)9-10-14(20)6-2/h6,9-10,12,21H,4-5,7-8,11,20H2,1-3H3/b10-9-,14-6+. The number of aliphatic hydroxyl groups is 1. The third kappa shape index (κ3) is 5.96. The van der Waals surface area contributed by atoms with Crippen molar-refractivity contribution in [1.29, 1.82) is 0 Å². The van der Waals surface area contributed by atoms with Crippen molar-refractivity contribution in [2.75, 3.05) is 0 Å². The quantitative estimate of drug-likeness (QED) is 0.650. The zero-order chi connectivity index (χ0) is 16.7. The van der Waals surface area contributed by atoms with E-state index in [2.05, 4.69) is 6.58 Å². The summed E-state index contributed by atoms with van der Waals surface area (Å²) in [5, 5.41) is 10.1. The molecule has 0 bridgehead atoms. The molecule has 0 aromatic carbocycles. The number of rotatable bonds is 8. The molecule has 5 heteroatoms. The zero-order valence-corrected chi connectivity index (χ0v) is 13.0. The summed E-state index contributed by atoms with van der Waals surface area (Å²) in [6.45, 7) is 8.75. The van der Waals surface area contributed by atoms with E-state index in [1.165, 1.54) is 6.08 Å². The lowest BCUT2D eigenvalue weighted by Crippen LogP contribution is -2.47. The maximum absolute atomic E-state index is 13.3. The van der Waals surface area contributed by atoms with Gasteiger partial charge in [-0.2, -0.15) is 13.2 Å². The van der Waals surface area contributed by atoms with Crippen molar-refractivity contribution in [3.8, 4) is 0 Å². The maximum atomic E-state index is 13.3. The number of unbranched alkanes of at least 4 members (excludes halogenated alkanes) is 1. The zero-order valence-electron chi connectivity index (χ0n) is 13.0. The van der Waals surface area contributed by atoms with Crippen LogP contribution in [0.1, 0.15) is 46.5 Å². The highest BCUT2D eigenvalue weighted by Gasteiger charge is 2.55. The fourth-order valence-electron chi connectivity index (χ4n) is 2.02. The van der Waals surface area contributed by atoms with Crippen LogP contribution >= 0.6 is 0 Å². The van der Waals surface area contributed by atoms with Crippen molar-refractivity contribution >= 4 is 0 Å². The van der Waals surface area contributed by atoms with Crippen LogP contribution in [-0.4, -0.2) is 16.9 Å². The normalized spacial score (nSPS) is 17.8. The molecule has 0 aromatic rings. The van der Waals surface area contributed by atoms with Gasteiger partial charge in [-0.15, -0.1) is 0 Å². The predicted molar refractivity (Wildman–Crippen MR) is 80.5 cm³/mol. The van der Waals surface area contributed by atoms with Gasteiger partial charge in [0.05, 0.1) is 0 Å².